The number of ether oxygens (including phenoxy) is 2. The Balaban J connectivity index is 1.98. The third-order valence-electron chi connectivity index (χ3n) is 3.32. The molecule has 0 saturated heterocycles. The summed E-state index contributed by atoms with van der Waals surface area (Å²) in [7, 11) is 3.00. The number of rotatable bonds is 3. The van der Waals surface area contributed by atoms with Crippen LogP contribution in [0.3, 0.4) is 0 Å². The molecule has 22 heavy (non-hydrogen) atoms. The van der Waals surface area contributed by atoms with Crippen LogP contribution in [0.25, 0.3) is 6.08 Å². The molecule has 0 aliphatic carbocycles. The Hall–Kier alpha value is -3.16. The normalized spacial score (nSPS) is 14.8. The summed E-state index contributed by atoms with van der Waals surface area (Å²) in [6.07, 6.45) is 2.50. The number of carbonyl (C=O) groups excluding carboxylic acids is 1. The summed E-state index contributed by atoms with van der Waals surface area (Å²) in [5, 5.41) is 10.8. The van der Waals surface area contributed by atoms with Crippen LogP contribution < -0.4 is 9.47 Å². The van der Waals surface area contributed by atoms with E-state index in [4.69, 9.17) is 9.47 Å². The SMILES string of the molecule is COc1ccc2c(c1)C(=O)/C(=C/c1ncc([N+](=O)[O-])n1C)O2. The molecule has 3 rings (SSSR count). The van der Waals surface area contributed by atoms with Crippen molar-refractivity contribution in [2.45, 2.75) is 0 Å². The van der Waals surface area contributed by atoms with Crippen molar-refractivity contribution < 1.29 is 19.2 Å². The molecule has 1 aliphatic heterocycles. The van der Waals surface area contributed by atoms with Gasteiger partial charge in [0.1, 0.15) is 17.7 Å². The number of fused-ring (bicyclic) bond motifs is 1. The van der Waals surface area contributed by atoms with Gasteiger partial charge in [0.2, 0.25) is 11.6 Å². The Labute approximate surface area is 124 Å². The molecular weight excluding hydrogens is 290 g/mol. The van der Waals surface area contributed by atoms with Crippen LogP contribution in [-0.4, -0.2) is 27.4 Å². The maximum Gasteiger partial charge on any atom is 0.342 e. The fraction of sp³-hybridized carbons (Fsp3) is 0.143. The van der Waals surface area contributed by atoms with Gasteiger partial charge < -0.3 is 19.6 Å². The van der Waals surface area contributed by atoms with Crippen LogP contribution in [0, 0.1) is 10.1 Å². The third kappa shape index (κ3) is 2.10. The minimum atomic E-state index is -0.550. The molecule has 0 spiro atoms. The zero-order chi connectivity index (χ0) is 15.9. The predicted molar refractivity (Wildman–Crippen MR) is 75.8 cm³/mol. The van der Waals surface area contributed by atoms with Crippen molar-refractivity contribution in [1.29, 1.82) is 0 Å². The van der Waals surface area contributed by atoms with Crippen LogP contribution >= 0.6 is 0 Å². The van der Waals surface area contributed by atoms with Gasteiger partial charge in [-0.05, 0) is 23.1 Å². The number of hydrogen-bond donors (Lipinski definition) is 0. The number of ketones is 1. The average molecular weight is 301 g/mol. The van der Waals surface area contributed by atoms with Gasteiger partial charge in [-0.2, -0.15) is 0 Å². The van der Waals surface area contributed by atoms with Gasteiger partial charge >= 0.3 is 5.82 Å². The number of aromatic nitrogens is 2. The molecule has 1 aliphatic rings. The molecule has 0 atom stereocenters. The smallest absolute Gasteiger partial charge is 0.342 e. The van der Waals surface area contributed by atoms with Crippen molar-refractivity contribution in [3.05, 3.63) is 51.7 Å². The molecule has 8 nitrogen and oxygen atoms in total. The van der Waals surface area contributed by atoms with E-state index in [0.717, 1.165) is 6.20 Å². The molecule has 112 valence electrons. The molecule has 8 heteroatoms. The monoisotopic (exact) mass is 301 g/mol. The first-order valence-corrected chi connectivity index (χ1v) is 6.29. The molecule has 0 radical (unpaired) electrons. The summed E-state index contributed by atoms with van der Waals surface area (Å²) >= 11 is 0. The predicted octanol–water partition coefficient (Wildman–Crippen LogP) is 1.95. The maximum atomic E-state index is 12.3. The largest absolute Gasteiger partial charge is 0.497 e. The van der Waals surface area contributed by atoms with E-state index in [1.165, 1.54) is 24.8 Å². The second-order valence-corrected chi connectivity index (χ2v) is 4.59. The first kappa shape index (κ1) is 13.8. The molecule has 1 aromatic heterocycles. The minimum absolute atomic E-state index is 0.0619. The zero-order valence-electron chi connectivity index (χ0n) is 11.8. The van der Waals surface area contributed by atoms with Gasteiger partial charge in [0.15, 0.2) is 5.76 Å². The van der Waals surface area contributed by atoms with Gasteiger partial charge in [0.25, 0.3) is 0 Å². The standard InChI is InChI=1S/C14H11N3O5/c1-16-12(15-7-13(16)17(19)20)6-11-14(18)9-5-8(21-2)3-4-10(9)22-11/h3-7H,1-2H3/b11-6-. The van der Waals surface area contributed by atoms with Crippen LogP contribution in [0.15, 0.2) is 30.2 Å². The van der Waals surface area contributed by atoms with Gasteiger partial charge in [-0.25, -0.2) is 9.55 Å². The fourth-order valence-corrected chi connectivity index (χ4v) is 2.13. The summed E-state index contributed by atoms with van der Waals surface area (Å²) in [5.41, 5.74) is 0.384. The Kier molecular flexibility index (Phi) is 3.13. The summed E-state index contributed by atoms with van der Waals surface area (Å²) in [6.45, 7) is 0. The van der Waals surface area contributed by atoms with E-state index in [2.05, 4.69) is 4.98 Å². The van der Waals surface area contributed by atoms with Crippen molar-refractivity contribution >= 4 is 17.7 Å². The molecule has 0 N–H and O–H groups in total. The first-order chi connectivity index (χ1) is 10.5. The highest BCUT2D eigenvalue weighted by Crippen LogP contribution is 2.34. The topological polar surface area (TPSA) is 96.5 Å². The van der Waals surface area contributed by atoms with Crippen molar-refractivity contribution in [2.24, 2.45) is 7.05 Å². The lowest BCUT2D eigenvalue weighted by molar-refractivity contribution is -0.391. The van der Waals surface area contributed by atoms with E-state index >= 15 is 0 Å². The van der Waals surface area contributed by atoms with E-state index in [1.54, 1.807) is 18.2 Å². The lowest BCUT2D eigenvalue weighted by Gasteiger charge is -2.00. The van der Waals surface area contributed by atoms with E-state index in [0.29, 0.717) is 17.1 Å². The fourth-order valence-electron chi connectivity index (χ4n) is 2.13. The van der Waals surface area contributed by atoms with Gasteiger partial charge in [-0.3, -0.25) is 4.79 Å². The highest BCUT2D eigenvalue weighted by Gasteiger charge is 2.29. The van der Waals surface area contributed by atoms with E-state index in [1.807, 2.05) is 0 Å². The quantitative estimate of drug-likeness (QED) is 0.488. The van der Waals surface area contributed by atoms with Crippen LogP contribution in [-0.2, 0) is 7.05 Å². The van der Waals surface area contributed by atoms with Gasteiger partial charge in [-0.1, -0.05) is 0 Å². The maximum absolute atomic E-state index is 12.3. The van der Waals surface area contributed by atoms with Gasteiger partial charge in [0.05, 0.1) is 25.8 Å². The van der Waals surface area contributed by atoms with Crippen LogP contribution in [0.5, 0.6) is 11.5 Å². The van der Waals surface area contributed by atoms with E-state index in [-0.39, 0.29) is 23.2 Å². The number of benzene rings is 1. The molecule has 1 aromatic carbocycles. The molecule has 0 bridgehead atoms. The molecule has 0 unspecified atom stereocenters. The van der Waals surface area contributed by atoms with E-state index in [9.17, 15) is 14.9 Å². The molecule has 2 aromatic rings. The molecule has 2 heterocycles. The Bertz CT molecular complexity index is 822. The number of nitrogens with zero attached hydrogens (tertiary/aromatic N) is 3. The lowest BCUT2D eigenvalue weighted by Crippen LogP contribution is -2.02. The van der Waals surface area contributed by atoms with Gasteiger partial charge in [0, 0.05) is 0 Å². The Morgan fingerprint density at radius 1 is 1.45 bits per heavy atom. The second-order valence-electron chi connectivity index (χ2n) is 4.59. The number of hydrogen-bond acceptors (Lipinski definition) is 6. The van der Waals surface area contributed by atoms with Gasteiger partial charge in [-0.15, -0.1) is 0 Å². The van der Waals surface area contributed by atoms with Crippen LogP contribution in [0.2, 0.25) is 0 Å². The molecule has 0 amide bonds. The second kappa shape index (κ2) is 4.99. The van der Waals surface area contributed by atoms with E-state index < -0.39 is 4.92 Å². The summed E-state index contributed by atoms with van der Waals surface area (Å²) in [6, 6.07) is 4.90. The van der Waals surface area contributed by atoms with Crippen LogP contribution in [0.4, 0.5) is 5.82 Å². The third-order valence-corrected chi connectivity index (χ3v) is 3.32. The van der Waals surface area contributed by atoms with Crippen LogP contribution in [0.1, 0.15) is 16.2 Å². The van der Waals surface area contributed by atoms with Crippen molar-refractivity contribution in [3.63, 3.8) is 0 Å². The molecular formula is C14H11N3O5. The number of nitro groups is 1. The summed E-state index contributed by atoms with van der Waals surface area (Å²) < 4.78 is 11.8. The summed E-state index contributed by atoms with van der Waals surface area (Å²) in [4.78, 5) is 26.5. The Morgan fingerprint density at radius 2 is 2.23 bits per heavy atom. The molecule has 0 fully saturated rings. The highest BCUT2D eigenvalue weighted by atomic mass is 16.6. The Morgan fingerprint density at radius 3 is 2.86 bits per heavy atom. The van der Waals surface area contributed by atoms with Crippen molar-refractivity contribution in [2.75, 3.05) is 7.11 Å². The average Bonchev–Trinajstić information content (AvgIpc) is 3.01. The number of methoxy groups -OCH3 is 1. The first-order valence-electron chi connectivity index (χ1n) is 6.29. The number of allylic oxidation sites excluding steroid dienone is 1. The lowest BCUT2D eigenvalue weighted by atomic mass is 10.1. The zero-order valence-corrected chi connectivity index (χ0v) is 11.8. The minimum Gasteiger partial charge on any atom is -0.497 e. The van der Waals surface area contributed by atoms with Crippen molar-refractivity contribution in [3.8, 4) is 11.5 Å². The number of carbonyl (C=O) groups is 1. The highest BCUT2D eigenvalue weighted by molar-refractivity contribution is 6.14. The molecule has 0 saturated carbocycles. The summed E-state index contributed by atoms with van der Waals surface area (Å²) in [5.74, 6) is 0.794. The number of Topliss-reactive ketones (excluding diaryl/α,β-unsaturated/α-hetero) is 1. The van der Waals surface area contributed by atoms with Crippen molar-refractivity contribution in [1.82, 2.24) is 9.55 Å². The number of imidazole rings is 1.